The molecule has 0 radical (unpaired) electrons. The largest absolute Gasteiger partial charge is 0.390 e. The summed E-state index contributed by atoms with van der Waals surface area (Å²) >= 11 is 5.42. The van der Waals surface area contributed by atoms with Gasteiger partial charge in [-0.3, -0.25) is 5.10 Å². The number of aliphatic hydroxyl groups is 2. The molecule has 1 heterocycles. The molecule has 5 N–H and O–H groups in total. The highest BCUT2D eigenvalue weighted by Crippen LogP contribution is 2.22. The number of hydrogen-bond donors (Lipinski definition) is 4. The number of nitrogens with two attached hydrogens (primary N) is 1. The van der Waals surface area contributed by atoms with E-state index in [0.29, 0.717) is 12.0 Å². The lowest BCUT2D eigenvalue weighted by Crippen LogP contribution is -2.19. The van der Waals surface area contributed by atoms with Gasteiger partial charge in [-0.25, -0.2) is 0 Å². The van der Waals surface area contributed by atoms with Gasteiger partial charge < -0.3 is 15.9 Å². The first-order valence-corrected chi connectivity index (χ1v) is 4.41. The van der Waals surface area contributed by atoms with E-state index in [0.717, 1.165) is 0 Å². The summed E-state index contributed by atoms with van der Waals surface area (Å²) in [7, 11) is 0. The molecule has 1 aromatic heterocycles. The predicted octanol–water partition coefficient (Wildman–Crippen LogP) is 0.0151. The Kier molecular flexibility index (Phi) is 3.53. The first-order valence-electron chi connectivity index (χ1n) is 3.87. The Morgan fingerprint density at radius 1 is 1.62 bits per heavy atom. The molecular weight excluding hydrogens is 194 g/mol. The lowest BCUT2D eigenvalue weighted by atomic mass is 10.1. The molecule has 1 aromatic rings. The van der Waals surface area contributed by atoms with Crippen LogP contribution in [0.2, 0.25) is 0 Å². The van der Waals surface area contributed by atoms with Gasteiger partial charge >= 0.3 is 0 Å². The van der Waals surface area contributed by atoms with E-state index in [9.17, 15) is 10.2 Å². The van der Waals surface area contributed by atoms with E-state index in [2.05, 4.69) is 10.2 Å². The Labute approximate surface area is 80.5 Å². The third kappa shape index (κ3) is 2.33. The number of nitrogen functional groups attached to an aromatic ring is 1. The topological polar surface area (TPSA) is 95.2 Å². The maximum Gasteiger partial charge on any atom is 0.124 e. The van der Waals surface area contributed by atoms with Gasteiger partial charge in [0.1, 0.15) is 11.9 Å². The average molecular weight is 206 g/mol. The number of aromatic nitrogens is 2. The number of aromatic amines is 1. The SMILES string of the molecule is Nc1[nH]ncc1C(O)C(O)CCCl. The second-order valence-electron chi connectivity index (χ2n) is 2.73. The molecule has 1 rings (SSSR count). The molecule has 0 spiro atoms. The summed E-state index contributed by atoms with van der Waals surface area (Å²) in [5, 5.41) is 25.0. The van der Waals surface area contributed by atoms with Crippen LogP contribution in [0.3, 0.4) is 0 Å². The van der Waals surface area contributed by atoms with Gasteiger partial charge in [0.2, 0.25) is 0 Å². The van der Waals surface area contributed by atoms with Crippen LogP contribution in [0, 0.1) is 0 Å². The Bertz CT molecular complexity index is 266. The number of alkyl halides is 1. The highest BCUT2D eigenvalue weighted by atomic mass is 35.5. The van der Waals surface area contributed by atoms with Crippen molar-refractivity contribution in [3.63, 3.8) is 0 Å². The van der Waals surface area contributed by atoms with E-state index in [4.69, 9.17) is 17.3 Å². The van der Waals surface area contributed by atoms with Crippen molar-refractivity contribution in [1.82, 2.24) is 10.2 Å². The second kappa shape index (κ2) is 4.45. The van der Waals surface area contributed by atoms with E-state index in [1.54, 1.807) is 0 Å². The van der Waals surface area contributed by atoms with E-state index in [1.165, 1.54) is 6.20 Å². The number of aliphatic hydroxyl groups excluding tert-OH is 2. The number of H-pyrrole nitrogens is 1. The first-order chi connectivity index (χ1) is 6.16. The van der Waals surface area contributed by atoms with Crippen LogP contribution in [-0.4, -0.2) is 32.4 Å². The Hall–Kier alpha value is -0.780. The number of hydrogen-bond acceptors (Lipinski definition) is 4. The molecular formula is C7H12ClN3O2. The Balaban J connectivity index is 2.67. The van der Waals surface area contributed by atoms with Crippen molar-refractivity contribution in [2.45, 2.75) is 18.6 Å². The summed E-state index contributed by atoms with van der Waals surface area (Å²) in [5.41, 5.74) is 5.85. The van der Waals surface area contributed by atoms with Gasteiger partial charge in [-0.15, -0.1) is 11.6 Å². The summed E-state index contributed by atoms with van der Waals surface area (Å²) < 4.78 is 0. The van der Waals surface area contributed by atoms with E-state index >= 15 is 0 Å². The van der Waals surface area contributed by atoms with Crippen LogP contribution in [0.1, 0.15) is 18.1 Å². The van der Waals surface area contributed by atoms with Gasteiger partial charge in [0.15, 0.2) is 0 Å². The molecule has 0 aliphatic carbocycles. The number of anilines is 1. The van der Waals surface area contributed by atoms with E-state index in [1.807, 2.05) is 0 Å². The fourth-order valence-corrected chi connectivity index (χ4v) is 1.24. The van der Waals surface area contributed by atoms with Gasteiger partial charge in [0.25, 0.3) is 0 Å². The van der Waals surface area contributed by atoms with E-state index in [-0.39, 0.29) is 11.7 Å². The fraction of sp³-hybridized carbons (Fsp3) is 0.571. The van der Waals surface area contributed by atoms with E-state index < -0.39 is 12.2 Å². The van der Waals surface area contributed by atoms with Crippen LogP contribution in [0.4, 0.5) is 5.82 Å². The van der Waals surface area contributed by atoms with Crippen LogP contribution < -0.4 is 5.73 Å². The molecule has 0 saturated heterocycles. The quantitative estimate of drug-likeness (QED) is 0.521. The predicted molar refractivity (Wildman–Crippen MR) is 49.3 cm³/mol. The molecule has 0 aliphatic rings. The molecule has 2 atom stereocenters. The summed E-state index contributed by atoms with van der Waals surface area (Å²) in [6, 6.07) is 0. The Morgan fingerprint density at radius 2 is 2.31 bits per heavy atom. The van der Waals surface area contributed by atoms with Crippen molar-refractivity contribution >= 4 is 17.4 Å². The molecule has 6 heteroatoms. The minimum absolute atomic E-state index is 0.265. The zero-order chi connectivity index (χ0) is 9.84. The molecule has 0 fully saturated rings. The van der Waals surface area contributed by atoms with Crippen molar-refractivity contribution in [3.05, 3.63) is 11.8 Å². The molecule has 2 unspecified atom stereocenters. The first kappa shape index (κ1) is 10.3. The Morgan fingerprint density at radius 3 is 2.77 bits per heavy atom. The molecule has 0 bridgehead atoms. The molecule has 0 amide bonds. The molecule has 0 aliphatic heterocycles. The minimum atomic E-state index is -1.03. The van der Waals surface area contributed by atoms with Gasteiger partial charge in [0.05, 0.1) is 12.3 Å². The zero-order valence-corrected chi connectivity index (χ0v) is 7.70. The van der Waals surface area contributed by atoms with Crippen LogP contribution in [0.25, 0.3) is 0 Å². The average Bonchev–Trinajstić information content (AvgIpc) is 2.50. The van der Waals surface area contributed by atoms with Gasteiger partial charge in [-0.05, 0) is 6.42 Å². The molecule has 13 heavy (non-hydrogen) atoms. The third-order valence-corrected chi connectivity index (χ3v) is 2.01. The fourth-order valence-electron chi connectivity index (χ4n) is 1.02. The van der Waals surface area contributed by atoms with Gasteiger partial charge in [-0.1, -0.05) is 0 Å². The lowest BCUT2D eigenvalue weighted by Gasteiger charge is -2.15. The van der Waals surface area contributed by atoms with Crippen molar-refractivity contribution in [1.29, 1.82) is 0 Å². The number of nitrogens with one attached hydrogen (secondary N) is 1. The van der Waals surface area contributed by atoms with Crippen LogP contribution in [0.15, 0.2) is 6.20 Å². The third-order valence-electron chi connectivity index (χ3n) is 1.79. The maximum absolute atomic E-state index is 9.54. The maximum atomic E-state index is 9.54. The summed E-state index contributed by atoms with van der Waals surface area (Å²) in [5.74, 6) is 0.553. The van der Waals surface area contributed by atoms with Crippen LogP contribution >= 0.6 is 11.6 Å². The highest BCUT2D eigenvalue weighted by molar-refractivity contribution is 6.17. The zero-order valence-electron chi connectivity index (χ0n) is 6.94. The summed E-state index contributed by atoms with van der Waals surface area (Å²) in [4.78, 5) is 0. The number of nitrogens with zero attached hydrogens (tertiary/aromatic N) is 1. The lowest BCUT2D eigenvalue weighted by molar-refractivity contribution is 0.0174. The van der Waals surface area contributed by atoms with Crippen molar-refractivity contribution in [2.24, 2.45) is 0 Å². The number of halogens is 1. The highest BCUT2D eigenvalue weighted by Gasteiger charge is 2.20. The smallest absolute Gasteiger partial charge is 0.124 e. The van der Waals surface area contributed by atoms with Crippen LogP contribution in [0.5, 0.6) is 0 Å². The normalized spacial score (nSPS) is 15.6. The number of rotatable bonds is 4. The molecule has 0 saturated carbocycles. The minimum Gasteiger partial charge on any atom is -0.390 e. The molecule has 74 valence electrons. The van der Waals surface area contributed by atoms with Crippen molar-refractivity contribution in [2.75, 3.05) is 11.6 Å². The summed E-state index contributed by atoms with van der Waals surface area (Å²) in [6.07, 6.45) is -0.236. The molecule has 5 nitrogen and oxygen atoms in total. The molecule has 0 aromatic carbocycles. The monoisotopic (exact) mass is 205 g/mol. The van der Waals surface area contributed by atoms with Crippen LogP contribution in [-0.2, 0) is 0 Å². The summed E-state index contributed by atoms with van der Waals surface area (Å²) in [6.45, 7) is 0. The van der Waals surface area contributed by atoms with Crippen molar-refractivity contribution in [3.8, 4) is 0 Å². The van der Waals surface area contributed by atoms with Crippen molar-refractivity contribution < 1.29 is 10.2 Å². The second-order valence-corrected chi connectivity index (χ2v) is 3.11. The van der Waals surface area contributed by atoms with Gasteiger partial charge in [-0.2, -0.15) is 5.10 Å². The standard InChI is InChI=1S/C7H12ClN3O2/c8-2-1-5(12)6(13)4-3-10-11-7(4)9/h3,5-6,12-13H,1-2H2,(H3,9,10,11). The van der Waals surface area contributed by atoms with Gasteiger partial charge in [0, 0.05) is 11.4 Å².